The second-order valence-corrected chi connectivity index (χ2v) is 7.19. The molecule has 1 fully saturated rings. The van der Waals surface area contributed by atoms with Crippen LogP contribution >= 0.6 is 0 Å². The van der Waals surface area contributed by atoms with Gasteiger partial charge in [0.25, 0.3) is 5.91 Å². The van der Waals surface area contributed by atoms with Crippen molar-refractivity contribution in [2.45, 2.75) is 19.4 Å². The molecule has 1 heterocycles. The minimum absolute atomic E-state index is 0.00533. The molecular formula is C21H22N4O2. The van der Waals surface area contributed by atoms with Crippen LogP contribution in [0.3, 0.4) is 0 Å². The van der Waals surface area contributed by atoms with Gasteiger partial charge in [-0.2, -0.15) is 5.10 Å². The van der Waals surface area contributed by atoms with Gasteiger partial charge in [0.05, 0.1) is 17.4 Å². The zero-order valence-electron chi connectivity index (χ0n) is 15.5. The summed E-state index contributed by atoms with van der Waals surface area (Å²) in [7, 11) is 3.61. The largest absolute Gasteiger partial charge is 0.337 e. The number of amides is 2. The predicted octanol–water partition coefficient (Wildman–Crippen LogP) is 3.19. The van der Waals surface area contributed by atoms with E-state index in [9.17, 15) is 9.59 Å². The highest BCUT2D eigenvalue weighted by Crippen LogP contribution is 2.32. The Kier molecular flexibility index (Phi) is 4.39. The monoisotopic (exact) mass is 362 g/mol. The van der Waals surface area contributed by atoms with Gasteiger partial charge >= 0.3 is 0 Å². The summed E-state index contributed by atoms with van der Waals surface area (Å²) in [5.41, 5.74) is 2.04. The lowest BCUT2D eigenvalue weighted by Crippen LogP contribution is -2.27. The first-order chi connectivity index (χ1) is 13.0. The van der Waals surface area contributed by atoms with E-state index in [2.05, 4.69) is 10.4 Å². The zero-order valence-corrected chi connectivity index (χ0v) is 15.5. The Hall–Kier alpha value is -3.15. The Morgan fingerprint density at radius 1 is 1.22 bits per heavy atom. The van der Waals surface area contributed by atoms with E-state index in [1.807, 2.05) is 49.6 Å². The number of hydrogen-bond donors (Lipinski definition) is 1. The topological polar surface area (TPSA) is 67.2 Å². The van der Waals surface area contributed by atoms with Crippen molar-refractivity contribution in [1.29, 1.82) is 0 Å². The number of rotatable bonds is 5. The molecule has 0 bridgehead atoms. The van der Waals surface area contributed by atoms with Gasteiger partial charge in [0, 0.05) is 38.3 Å². The van der Waals surface area contributed by atoms with Crippen LogP contribution in [-0.4, -0.2) is 33.5 Å². The van der Waals surface area contributed by atoms with Crippen LogP contribution in [0.2, 0.25) is 0 Å². The number of carbonyl (C=O) groups is 2. The van der Waals surface area contributed by atoms with Crippen molar-refractivity contribution in [1.82, 2.24) is 14.7 Å². The molecule has 1 aliphatic rings. The van der Waals surface area contributed by atoms with Crippen LogP contribution in [0.15, 0.2) is 48.8 Å². The molecule has 0 radical (unpaired) electrons. The minimum Gasteiger partial charge on any atom is -0.337 e. The highest BCUT2D eigenvalue weighted by atomic mass is 16.2. The molecule has 3 aromatic rings. The van der Waals surface area contributed by atoms with E-state index in [4.69, 9.17) is 0 Å². The van der Waals surface area contributed by atoms with Crippen LogP contribution in [0, 0.1) is 5.92 Å². The number of anilines is 1. The van der Waals surface area contributed by atoms with Gasteiger partial charge in [-0.25, -0.2) is 0 Å². The summed E-state index contributed by atoms with van der Waals surface area (Å²) < 4.78 is 1.71. The molecule has 0 saturated heterocycles. The Balaban J connectivity index is 1.66. The average Bonchev–Trinajstić information content (AvgIpc) is 3.43. The van der Waals surface area contributed by atoms with Crippen molar-refractivity contribution in [3.8, 4) is 0 Å². The molecule has 138 valence electrons. The maximum Gasteiger partial charge on any atom is 0.256 e. The molecule has 6 heteroatoms. The molecule has 0 spiro atoms. The number of hydrogen-bond acceptors (Lipinski definition) is 3. The van der Waals surface area contributed by atoms with Gasteiger partial charge < -0.3 is 10.2 Å². The average molecular weight is 362 g/mol. The van der Waals surface area contributed by atoms with E-state index in [-0.39, 0.29) is 17.7 Å². The number of benzene rings is 2. The van der Waals surface area contributed by atoms with Gasteiger partial charge in [-0.05, 0) is 35.7 Å². The SMILES string of the molecule is CN(Cc1cnn(C)c1)C(=O)c1cc2ccccc2cc1NC(=O)C1CC1. The fourth-order valence-corrected chi connectivity index (χ4v) is 3.21. The number of aromatic nitrogens is 2. The van der Waals surface area contributed by atoms with Crippen molar-refractivity contribution in [3.63, 3.8) is 0 Å². The van der Waals surface area contributed by atoms with E-state index in [0.29, 0.717) is 17.8 Å². The summed E-state index contributed by atoms with van der Waals surface area (Å²) in [5, 5.41) is 9.08. The lowest BCUT2D eigenvalue weighted by atomic mass is 10.0. The first-order valence-corrected chi connectivity index (χ1v) is 9.08. The van der Waals surface area contributed by atoms with Gasteiger partial charge in [0.1, 0.15) is 0 Å². The minimum atomic E-state index is -0.129. The molecule has 1 aliphatic carbocycles. The number of nitrogens with zero attached hydrogens (tertiary/aromatic N) is 3. The summed E-state index contributed by atoms with van der Waals surface area (Å²) in [6.07, 6.45) is 5.48. The van der Waals surface area contributed by atoms with Gasteiger partial charge in [0.15, 0.2) is 0 Å². The van der Waals surface area contributed by atoms with E-state index < -0.39 is 0 Å². The van der Waals surface area contributed by atoms with Gasteiger partial charge in [-0.15, -0.1) is 0 Å². The van der Waals surface area contributed by atoms with Crippen LogP contribution in [-0.2, 0) is 18.4 Å². The number of carbonyl (C=O) groups excluding carboxylic acids is 2. The third-order valence-electron chi connectivity index (χ3n) is 4.85. The highest BCUT2D eigenvalue weighted by molar-refractivity contribution is 6.08. The molecular weight excluding hydrogens is 340 g/mol. The zero-order chi connectivity index (χ0) is 19.0. The maximum atomic E-state index is 13.1. The number of nitrogens with one attached hydrogen (secondary N) is 1. The van der Waals surface area contributed by atoms with E-state index >= 15 is 0 Å². The quantitative estimate of drug-likeness (QED) is 0.758. The standard InChI is InChI=1S/C21H22N4O2/c1-24(12-14-11-22-25(2)13-14)21(27)18-9-16-5-3-4-6-17(16)10-19(18)23-20(26)15-7-8-15/h3-6,9-11,13,15H,7-8,12H2,1-2H3,(H,23,26). The van der Waals surface area contributed by atoms with E-state index in [1.54, 1.807) is 22.8 Å². The summed E-state index contributed by atoms with van der Waals surface area (Å²) in [6.45, 7) is 0.454. The fourth-order valence-electron chi connectivity index (χ4n) is 3.21. The van der Waals surface area contributed by atoms with Crippen LogP contribution in [0.4, 0.5) is 5.69 Å². The Morgan fingerprint density at radius 3 is 2.56 bits per heavy atom. The molecule has 2 aromatic carbocycles. The maximum absolute atomic E-state index is 13.1. The van der Waals surface area contributed by atoms with Crippen molar-refractivity contribution < 1.29 is 9.59 Å². The molecule has 0 atom stereocenters. The number of fused-ring (bicyclic) bond motifs is 1. The van der Waals surface area contributed by atoms with Gasteiger partial charge in [-0.1, -0.05) is 24.3 Å². The molecule has 2 amide bonds. The van der Waals surface area contributed by atoms with Crippen molar-refractivity contribution >= 4 is 28.3 Å². The number of aryl methyl sites for hydroxylation is 1. The molecule has 27 heavy (non-hydrogen) atoms. The van der Waals surface area contributed by atoms with Crippen LogP contribution < -0.4 is 5.32 Å². The first-order valence-electron chi connectivity index (χ1n) is 9.08. The van der Waals surface area contributed by atoms with Crippen LogP contribution in [0.1, 0.15) is 28.8 Å². The summed E-state index contributed by atoms with van der Waals surface area (Å²) in [6, 6.07) is 11.6. The molecule has 0 aliphatic heterocycles. The lowest BCUT2D eigenvalue weighted by molar-refractivity contribution is -0.117. The Labute approximate surface area is 157 Å². The van der Waals surface area contributed by atoms with Crippen LogP contribution in [0.5, 0.6) is 0 Å². The van der Waals surface area contributed by atoms with E-state index in [1.165, 1.54) is 0 Å². The molecule has 6 nitrogen and oxygen atoms in total. The molecule has 1 aromatic heterocycles. The third-order valence-corrected chi connectivity index (χ3v) is 4.85. The Morgan fingerprint density at radius 2 is 1.93 bits per heavy atom. The van der Waals surface area contributed by atoms with Gasteiger partial charge in [0.2, 0.25) is 5.91 Å². The molecule has 1 N–H and O–H groups in total. The lowest BCUT2D eigenvalue weighted by Gasteiger charge is -2.19. The van der Waals surface area contributed by atoms with E-state index in [0.717, 1.165) is 29.2 Å². The normalized spacial score (nSPS) is 13.6. The summed E-state index contributed by atoms with van der Waals surface area (Å²) in [5.74, 6) is -0.0579. The highest BCUT2D eigenvalue weighted by Gasteiger charge is 2.30. The predicted molar refractivity (Wildman–Crippen MR) is 104 cm³/mol. The van der Waals surface area contributed by atoms with Gasteiger partial charge in [-0.3, -0.25) is 14.3 Å². The summed E-state index contributed by atoms with van der Waals surface area (Å²) in [4.78, 5) is 27.1. The summed E-state index contributed by atoms with van der Waals surface area (Å²) >= 11 is 0. The molecule has 1 saturated carbocycles. The second-order valence-electron chi connectivity index (χ2n) is 7.19. The molecule has 4 rings (SSSR count). The smallest absolute Gasteiger partial charge is 0.256 e. The Bertz CT molecular complexity index is 1020. The second kappa shape index (κ2) is 6.87. The first kappa shape index (κ1) is 17.3. The third kappa shape index (κ3) is 3.69. The van der Waals surface area contributed by atoms with Crippen molar-refractivity contribution in [2.75, 3.05) is 12.4 Å². The van der Waals surface area contributed by atoms with Crippen LogP contribution in [0.25, 0.3) is 10.8 Å². The molecule has 0 unspecified atom stereocenters. The fraction of sp³-hybridized carbons (Fsp3) is 0.286. The van der Waals surface area contributed by atoms with Crippen molar-refractivity contribution in [3.05, 3.63) is 59.9 Å². The van der Waals surface area contributed by atoms with Crippen molar-refractivity contribution in [2.24, 2.45) is 13.0 Å².